The summed E-state index contributed by atoms with van der Waals surface area (Å²) in [6.45, 7) is 0. The summed E-state index contributed by atoms with van der Waals surface area (Å²) in [6, 6.07) is 3.28. The maximum absolute atomic E-state index is 11.2. The highest BCUT2D eigenvalue weighted by Crippen LogP contribution is 2.05. The molecule has 0 fully saturated rings. The lowest BCUT2D eigenvalue weighted by atomic mass is 10.4. The Hall–Kier alpha value is -0.810. The van der Waals surface area contributed by atoms with Gasteiger partial charge in [-0.3, -0.25) is 9.71 Å². The third-order valence-electron chi connectivity index (χ3n) is 1.28. The molecular weight excluding hydrogens is 212 g/mol. The second-order valence-electron chi connectivity index (χ2n) is 2.35. The van der Waals surface area contributed by atoms with Crippen LogP contribution >= 0.6 is 11.6 Å². The van der Waals surface area contributed by atoms with Gasteiger partial charge >= 0.3 is 0 Å². The van der Waals surface area contributed by atoms with E-state index in [2.05, 4.69) is 9.71 Å². The molecule has 1 aromatic heterocycles. The van der Waals surface area contributed by atoms with Crippen molar-refractivity contribution in [1.82, 2.24) is 4.98 Å². The summed E-state index contributed by atoms with van der Waals surface area (Å²) in [7, 11) is -3.31. The van der Waals surface area contributed by atoms with Gasteiger partial charge in [-0.2, -0.15) is 0 Å². The van der Waals surface area contributed by atoms with Crippen LogP contribution in [0.5, 0.6) is 0 Å². The molecule has 0 aliphatic rings. The SMILES string of the molecule is O=S(=O)(CCCl)Nc1cccnc1. The van der Waals surface area contributed by atoms with Crippen molar-refractivity contribution < 1.29 is 8.42 Å². The van der Waals surface area contributed by atoms with Crippen molar-refractivity contribution in [3.05, 3.63) is 24.5 Å². The molecule has 1 rings (SSSR count). The fourth-order valence-corrected chi connectivity index (χ4v) is 2.15. The number of sulfonamides is 1. The van der Waals surface area contributed by atoms with E-state index in [0.29, 0.717) is 5.69 Å². The Labute approximate surface area is 82.0 Å². The zero-order valence-corrected chi connectivity index (χ0v) is 8.35. The highest BCUT2D eigenvalue weighted by Gasteiger charge is 2.08. The number of alkyl halides is 1. The molecule has 1 aromatic rings. The molecule has 0 spiro atoms. The fraction of sp³-hybridized carbons (Fsp3) is 0.286. The van der Waals surface area contributed by atoms with E-state index in [4.69, 9.17) is 11.6 Å². The minimum atomic E-state index is -3.31. The van der Waals surface area contributed by atoms with Gasteiger partial charge in [0.1, 0.15) is 0 Å². The maximum atomic E-state index is 11.2. The monoisotopic (exact) mass is 220 g/mol. The molecule has 0 saturated heterocycles. The highest BCUT2D eigenvalue weighted by atomic mass is 35.5. The number of hydrogen-bond donors (Lipinski definition) is 1. The zero-order valence-electron chi connectivity index (χ0n) is 6.77. The van der Waals surface area contributed by atoms with E-state index in [0.717, 1.165) is 0 Å². The van der Waals surface area contributed by atoms with Gasteiger partial charge in [-0.25, -0.2) is 8.42 Å². The Morgan fingerprint density at radius 2 is 2.31 bits per heavy atom. The van der Waals surface area contributed by atoms with Crippen LogP contribution in [0.15, 0.2) is 24.5 Å². The zero-order chi connectivity index (χ0) is 9.73. The summed E-state index contributed by atoms with van der Waals surface area (Å²) < 4.78 is 24.7. The fourth-order valence-electron chi connectivity index (χ4n) is 0.755. The van der Waals surface area contributed by atoms with E-state index < -0.39 is 10.0 Å². The number of nitrogens with one attached hydrogen (secondary N) is 1. The van der Waals surface area contributed by atoms with Crippen molar-refractivity contribution in [2.75, 3.05) is 16.4 Å². The molecule has 0 bridgehead atoms. The quantitative estimate of drug-likeness (QED) is 0.772. The molecule has 0 aromatic carbocycles. The first-order chi connectivity index (χ1) is 6.14. The molecule has 0 atom stereocenters. The van der Waals surface area contributed by atoms with Crippen LogP contribution in [0.25, 0.3) is 0 Å². The summed E-state index contributed by atoms with van der Waals surface area (Å²) in [5, 5.41) is 0. The van der Waals surface area contributed by atoms with Gasteiger partial charge in [-0.05, 0) is 12.1 Å². The smallest absolute Gasteiger partial charge is 0.233 e. The molecule has 1 heterocycles. The third kappa shape index (κ3) is 3.61. The lowest BCUT2D eigenvalue weighted by Crippen LogP contribution is -2.17. The van der Waals surface area contributed by atoms with Crippen LogP contribution in [-0.2, 0) is 10.0 Å². The van der Waals surface area contributed by atoms with Crippen LogP contribution < -0.4 is 4.72 Å². The van der Waals surface area contributed by atoms with E-state index in [-0.39, 0.29) is 11.6 Å². The number of anilines is 1. The Bertz CT molecular complexity index is 352. The predicted molar refractivity (Wildman–Crippen MR) is 52.4 cm³/mol. The van der Waals surface area contributed by atoms with Gasteiger partial charge in [0, 0.05) is 12.1 Å². The number of hydrogen-bond acceptors (Lipinski definition) is 3. The average molecular weight is 221 g/mol. The molecule has 0 unspecified atom stereocenters. The predicted octanol–water partition coefficient (Wildman–Crippen LogP) is 1.06. The van der Waals surface area contributed by atoms with Gasteiger partial charge in [0.25, 0.3) is 0 Å². The van der Waals surface area contributed by atoms with Crippen molar-refractivity contribution >= 4 is 27.3 Å². The first-order valence-corrected chi connectivity index (χ1v) is 5.79. The average Bonchev–Trinajstić information content (AvgIpc) is 2.04. The van der Waals surface area contributed by atoms with Gasteiger partial charge in [-0.15, -0.1) is 11.6 Å². The second kappa shape index (κ2) is 4.43. The lowest BCUT2D eigenvalue weighted by Gasteiger charge is -2.04. The second-order valence-corrected chi connectivity index (χ2v) is 4.57. The van der Waals surface area contributed by atoms with Crippen LogP contribution in [0.3, 0.4) is 0 Å². The molecular formula is C7H9ClN2O2S. The minimum Gasteiger partial charge on any atom is -0.282 e. The summed E-state index contributed by atoms with van der Waals surface area (Å²) in [6.07, 6.45) is 3.01. The Morgan fingerprint density at radius 3 is 2.85 bits per heavy atom. The van der Waals surface area contributed by atoms with Crippen molar-refractivity contribution in [2.24, 2.45) is 0 Å². The molecule has 6 heteroatoms. The molecule has 0 radical (unpaired) electrons. The van der Waals surface area contributed by atoms with E-state index in [1.165, 1.54) is 6.20 Å². The van der Waals surface area contributed by atoms with Gasteiger partial charge in [-0.1, -0.05) is 0 Å². The number of rotatable bonds is 4. The number of aromatic nitrogens is 1. The Balaban J connectivity index is 2.70. The van der Waals surface area contributed by atoms with Crippen LogP contribution in [0.4, 0.5) is 5.69 Å². The number of nitrogens with zero attached hydrogens (tertiary/aromatic N) is 1. The maximum Gasteiger partial charge on any atom is 0.233 e. The Kier molecular flexibility index (Phi) is 3.50. The van der Waals surface area contributed by atoms with E-state index in [9.17, 15) is 8.42 Å². The molecule has 0 amide bonds. The topological polar surface area (TPSA) is 59.1 Å². The molecule has 0 saturated carbocycles. The largest absolute Gasteiger partial charge is 0.282 e. The first-order valence-electron chi connectivity index (χ1n) is 3.60. The van der Waals surface area contributed by atoms with Crippen molar-refractivity contribution in [2.45, 2.75) is 0 Å². The molecule has 13 heavy (non-hydrogen) atoms. The van der Waals surface area contributed by atoms with Crippen LogP contribution in [0.1, 0.15) is 0 Å². The van der Waals surface area contributed by atoms with Crippen LogP contribution in [0, 0.1) is 0 Å². The van der Waals surface area contributed by atoms with Crippen molar-refractivity contribution in [3.63, 3.8) is 0 Å². The van der Waals surface area contributed by atoms with Gasteiger partial charge in [0.2, 0.25) is 10.0 Å². The first kappa shape index (κ1) is 10.3. The molecule has 0 aliphatic carbocycles. The van der Waals surface area contributed by atoms with Gasteiger partial charge < -0.3 is 0 Å². The van der Waals surface area contributed by atoms with Crippen LogP contribution in [0.2, 0.25) is 0 Å². The minimum absolute atomic E-state index is 0.0790. The molecule has 4 nitrogen and oxygen atoms in total. The summed E-state index contributed by atoms with van der Waals surface area (Å²) >= 11 is 5.32. The summed E-state index contributed by atoms with van der Waals surface area (Å²) in [5.74, 6) is -0.0148. The molecule has 0 aliphatic heterocycles. The van der Waals surface area contributed by atoms with E-state index in [1.807, 2.05) is 0 Å². The van der Waals surface area contributed by atoms with Crippen molar-refractivity contribution in [3.8, 4) is 0 Å². The highest BCUT2D eigenvalue weighted by molar-refractivity contribution is 7.92. The van der Waals surface area contributed by atoms with Gasteiger partial charge in [0.15, 0.2) is 0 Å². The van der Waals surface area contributed by atoms with Crippen LogP contribution in [-0.4, -0.2) is 25.0 Å². The van der Waals surface area contributed by atoms with E-state index >= 15 is 0 Å². The van der Waals surface area contributed by atoms with Crippen molar-refractivity contribution in [1.29, 1.82) is 0 Å². The normalized spacial score (nSPS) is 11.2. The standard InChI is InChI=1S/C7H9ClN2O2S/c8-3-5-13(11,12)10-7-2-1-4-9-6-7/h1-2,4,6,10H,3,5H2. The van der Waals surface area contributed by atoms with Gasteiger partial charge in [0.05, 0.1) is 17.6 Å². The number of halogens is 1. The third-order valence-corrected chi connectivity index (χ3v) is 2.98. The molecule has 1 N–H and O–H groups in total. The molecule has 72 valence electrons. The Morgan fingerprint density at radius 1 is 1.54 bits per heavy atom. The number of pyridine rings is 1. The van der Waals surface area contributed by atoms with E-state index in [1.54, 1.807) is 18.3 Å². The summed E-state index contributed by atoms with van der Waals surface area (Å²) in [5.41, 5.74) is 0.451. The summed E-state index contributed by atoms with van der Waals surface area (Å²) in [4.78, 5) is 3.77. The lowest BCUT2D eigenvalue weighted by molar-refractivity contribution is 0.602.